The number of anilines is 2. The van der Waals surface area contributed by atoms with Crippen LogP contribution in [0.2, 0.25) is 0 Å². The largest absolute Gasteiger partial charge is 0.383 e. The molecule has 1 saturated heterocycles. The lowest BCUT2D eigenvalue weighted by Gasteiger charge is -2.17. The molecule has 9 nitrogen and oxygen atoms in total. The lowest BCUT2D eigenvalue weighted by molar-refractivity contribution is 0.352. The number of likely N-dealkylation sites (tertiary alicyclic amines) is 1. The third-order valence-corrected chi connectivity index (χ3v) is 7.58. The van der Waals surface area contributed by atoms with Crippen molar-refractivity contribution >= 4 is 32.2 Å². The van der Waals surface area contributed by atoms with Crippen molar-refractivity contribution in [3.05, 3.63) is 40.9 Å². The first-order valence-corrected chi connectivity index (χ1v) is 13.6. The Morgan fingerprint density at radius 1 is 1.15 bits per heavy atom. The quantitative estimate of drug-likeness (QED) is 0.504. The Hall–Kier alpha value is -2.98. The molecule has 0 radical (unpaired) electrons. The third kappa shape index (κ3) is 4.78. The molecular formula is C24H30N6O3S. The van der Waals surface area contributed by atoms with E-state index in [0.717, 1.165) is 32.5 Å². The van der Waals surface area contributed by atoms with Gasteiger partial charge in [-0.15, -0.1) is 0 Å². The summed E-state index contributed by atoms with van der Waals surface area (Å²) < 4.78 is 26.7. The van der Waals surface area contributed by atoms with Crippen LogP contribution in [0.3, 0.4) is 0 Å². The van der Waals surface area contributed by atoms with Gasteiger partial charge in [0.25, 0.3) is 5.56 Å². The average Bonchev–Trinajstić information content (AvgIpc) is 3.46. The summed E-state index contributed by atoms with van der Waals surface area (Å²) in [6, 6.07) is 7.36. The lowest BCUT2D eigenvalue weighted by atomic mass is 10.1. The van der Waals surface area contributed by atoms with Crippen LogP contribution in [-0.2, 0) is 16.9 Å². The Bertz CT molecular complexity index is 1390. The van der Waals surface area contributed by atoms with E-state index in [1.807, 2.05) is 6.07 Å². The first kappa shape index (κ1) is 22.8. The van der Waals surface area contributed by atoms with Crippen molar-refractivity contribution in [3.63, 3.8) is 0 Å². The van der Waals surface area contributed by atoms with E-state index < -0.39 is 9.84 Å². The first-order chi connectivity index (χ1) is 16.3. The molecule has 1 aliphatic heterocycles. The molecule has 5 rings (SSSR count). The Labute approximate surface area is 199 Å². The number of aromatic nitrogens is 3. The number of nitrogens with one attached hydrogen (secondary N) is 2. The smallest absolute Gasteiger partial charge is 0.264 e. The highest BCUT2D eigenvalue weighted by molar-refractivity contribution is 7.90. The molecule has 2 N–H and O–H groups in total. The fourth-order valence-corrected chi connectivity index (χ4v) is 5.27. The second kappa shape index (κ2) is 8.99. The van der Waals surface area contributed by atoms with Gasteiger partial charge in [0.2, 0.25) is 0 Å². The molecule has 3 aromatic rings. The van der Waals surface area contributed by atoms with Gasteiger partial charge in [0.05, 0.1) is 28.1 Å². The highest BCUT2D eigenvalue weighted by atomic mass is 32.2. The number of nitrogens with zero attached hydrogens (tertiary/aromatic N) is 4. The minimum atomic E-state index is -3.48. The fraction of sp³-hybridized carbons (Fsp3) is 0.458. The highest BCUT2D eigenvalue weighted by Gasteiger charge is 2.24. The van der Waals surface area contributed by atoms with Gasteiger partial charge in [-0.2, -0.15) is 0 Å². The van der Waals surface area contributed by atoms with Crippen molar-refractivity contribution in [2.75, 3.05) is 43.1 Å². The van der Waals surface area contributed by atoms with Gasteiger partial charge >= 0.3 is 0 Å². The topological polar surface area (TPSA) is 109 Å². The average molecular weight is 483 g/mol. The predicted octanol–water partition coefficient (Wildman–Crippen LogP) is 2.48. The zero-order chi connectivity index (χ0) is 23.9. The number of aryl methyl sites for hydroxylation is 1. The van der Waals surface area contributed by atoms with Crippen molar-refractivity contribution in [2.45, 2.75) is 36.6 Å². The maximum absolute atomic E-state index is 12.8. The minimum Gasteiger partial charge on any atom is -0.383 e. The Balaban J connectivity index is 1.51. The van der Waals surface area contributed by atoms with Crippen LogP contribution in [0.15, 0.2) is 40.3 Å². The van der Waals surface area contributed by atoms with Gasteiger partial charge < -0.3 is 20.1 Å². The summed E-state index contributed by atoms with van der Waals surface area (Å²) in [7, 11) is -1.81. The van der Waals surface area contributed by atoms with Crippen LogP contribution in [-0.4, -0.2) is 66.3 Å². The molecular weight excluding hydrogens is 452 g/mol. The Morgan fingerprint density at radius 3 is 2.62 bits per heavy atom. The van der Waals surface area contributed by atoms with Crippen LogP contribution in [0, 0.1) is 0 Å². The molecule has 0 unspecified atom stereocenters. The molecule has 10 heteroatoms. The Kier molecular flexibility index (Phi) is 6.03. The molecule has 0 bridgehead atoms. The van der Waals surface area contributed by atoms with E-state index in [1.54, 1.807) is 25.2 Å². The van der Waals surface area contributed by atoms with Gasteiger partial charge in [0.15, 0.2) is 9.84 Å². The number of rotatable bonds is 8. The standard InChI is InChI=1S/C24H30N6O3S/c1-29-15-26-20-14-19(28-23(22(20)24(29)31)27-17-6-7-17)16-5-8-18(21(13-16)34(2,32)33)25-9-12-30-10-3-4-11-30/h5,8,13-15,17,25H,3-4,6-7,9-12H2,1-2H3,(H,27,28). The van der Waals surface area contributed by atoms with E-state index in [2.05, 4.69) is 20.5 Å². The maximum atomic E-state index is 12.8. The number of pyridine rings is 1. The van der Waals surface area contributed by atoms with Gasteiger partial charge in [-0.1, -0.05) is 6.07 Å². The summed E-state index contributed by atoms with van der Waals surface area (Å²) in [5, 5.41) is 7.10. The minimum absolute atomic E-state index is 0.165. The van der Waals surface area contributed by atoms with Gasteiger partial charge in [-0.3, -0.25) is 4.79 Å². The van der Waals surface area contributed by atoms with Gasteiger partial charge in [0.1, 0.15) is 11.2 Å². The van der Waals surface area contributed by atoms with Crippen LogP contribution < -0.4 is 16.2 Å². The molecule has 2 aliphatic rings. The number of hydrogen-bond donors (Lipinski definition) is 2. The molecule has 180 valence electrons. The normalized spacial score (nSPS) is 16.8. The van der Waals surface area contributed by atoms with Crippen molar-refractivity contribution in [3.8, 4) is 11.3 Å². The highest BCUT2D eigenvalue weighted by Crippen LogP contribution is 2.32. The van der Waals surface area contributed by atoms with Crippen molar-refractivity contribution in [1.29, 1.82) is 0 Å². The van der Waals surface area contributed by atoms with Crippen LogP contribution in [0.5, 0.6) is 0 Å². The molecule has 34 heavy (non-hydrogen) atoms. The SMILES string of the molecule is Cn1cnc2cc(-c3ccc(NCCN4CCCC4)c(S(C)(=O)=O)c3)nc(NC3CC3)c2c1=O. The summed E-state index contributed by atoms with van der Waals surface area (Å²) in [6.07, 6.45) is 7.22. The molecule has 0 atom stereocenters. The molecule has 1 saturated carbocycles. The number of fused-ring (bicyclic) bond motifs is 1. The van der Waals surface area contributed by atoms with Gasteiger partial charge in [-0.05, 0) is 57.0 Å². The van der Waals surface area contributed by atoms with Crippen LogP contribution in [0.25, 0.3) is 22.2 Å². The molecule has 0 spiro atoms. The van der Waals surface area contributed by atoms with Crippen molar-refractivity contribution in [2.24, 2.45) is 7.05 Å². The van der Waals surface area contributed by atoms with E-state index in [1.165, 1.54) is 30.0 Å². The molecule has 2 fully saturated rings. The van der Waals surface area contributed by atoms with E-state index in [0.29, 0.717) is 46.3 Å². The van der Waals surface area contributed by atoms with E-state index in [-0.39, 0.29) is 10.5 Å². The van der Waals surface area contributed by atoms with Gasteiger partial charge in [0, 0.05) is 38.0 Å². The number of hydrogen-bond acceptors (Lipinski definition) is 8. The number of sulfone groups is 1. The lowest BCUT2D eigenvalue weighted by Crippen LogP contribution is -2.26. The summed E-state index contributed by atoms with van der Waals surface area (Å²) >= 11 is 0. The first-order valence-electron chi connectivity index (χ1n) is 11.7. The third-order valence-electron chi connectivity index (χ3n) is 6.44. The summed E-state index contributed by atoms with van der Waals surface area (Å²) in [6.45, 7) is 3.76. The van der Waals surface area contributed by atoms with Crippen molar-refractivity contribution < 1.29 is 8.42 Å². The molecule has 0 amide bonds. The van der Waals surface area contributed by atoms with Gasteiger partial charge in [-0.25, -0.2) is 18.4 Å². The molecule has 1 aromatic carbocycles. The van der Waals surface area contributed by atoms with E-state index in [4.69, 9.17) is 4.98 Å². The van der Waals surface area contributed by atoms with Crippen molar-refractivity contribution in [1.82, 2.24) is 19.4 Å². The second-order valence-corrected chi connectivity index (χ2v) is 11.3. The number of benzene rings is 1. The summed E-state index contributed by atoms with van der Waals surface area (Å²) in [5.74, 6) is 0.498. The zero-order valence-electron chi connectivity index (χ0n) is 19.5. The Morgan fingerprint density at radius 2 is 1.91 bits per heavy atom. The van der Waals surface area contributed by atoms with Crippen LogP contribution in [0.1, 0.15) is 25.7 Å². The maximum Gasteiger partial charge on any atom is 0.264 e. The molecule has 3 heterocycles. The van der Waals surface area contributed by atoms with Crippen LogP contribution in [0.4, 0.5) is 11.5 Å². The second-order valence-electron chi connectivity index (χ2n) is 9.29. The van der Waals surface area contributed by atoms with E-state index >= 15 is 0 Å². The predicted molar refractivity (Wildman–Crippen MR) is 134 cm³/mol. The summed E-state index contributed by atoms with van der Waals surface area (Å²) in [5.41, 5.74) is 2.19. The molecule has 2 aromatic heterocycles. The van der Waals surface area contributed by atoms with E-state index in [9.17, 15) is 13.2 Å². The fourth-order valence-electron chi connectivity index (χ4n) is 4.38. The van der Waals surface area contributed by atoms with Crippen LogP contribution >= 0.6 is 0 Å². The summed E-state index contributed by atoms with van der Waals surface area (Å²) in [4.78, 5) is 24.6. The molecule has 1 aliphatic carbocycles. The monoisotopic (exact) mass is 482 g/mol. The zero-order valence-corrected chi connectivity index (χ0v) is 20.4.